The maximum absolute atomic E-state index is 12.8. The molecule has 2 aliphatic heterocycles. The number of methoxy groups -OCH3 is 1. The van der Waals surface area contributed by atoms with Crippen molar-refractivity contribution in [2.45, 2.75) is 18.9 Å². The highest BCUT2D eigenvalue weighted by atomic mass is 35.5. The van der Waals surface area contributed by atoms with Gasteiger partial charge in [0.25, 0.3) is 5.91 Å². The molecule has 2 saturated heterocycles. The number of hydrogen-bond donors (Lipinski definition) is 2. The first-order valence-corrected chi connectivity index (χ1v) is 8.97. The Hall–Kier alpha value is -2.03. The van der Waals surface area contributed by atoms with Gasteiger partial charge in [-0.3, -0.25) is 9.69 Å². The number of piperidine rings is 1. The molecule has 4 N–H and O–H groups in total. The third-order valence-electron chi connectivity index (χ3n) is 4.99. The first kappa shape index (κ1) is 21.3. The summed E-state index contributed by atoms with van der Waals surface area (Å²) in [6.45, 7) is 5.12. The lowest BCUT2D eigenvalue weighted by molar-refractivity contribution is 0.00159. The second-order valence-electron chi connectivity index (χ2n) is 6.60. The quantitative estimate of drug-likeness (QED) is 0.579. The molecule has 9 heteroatoms. The summed E-state index contributed by atoms with van der Waals surface area (Å²) in [4.78, 5) is 21.2. The number of guanidine groups is 1. The van der Waals surface area contributed by atoms with Crippen molar-refractivity contribution in [3.05, 3.63) is 23.8 Å². The fraction of sp³-hybridized carbons (Fsp3) is 0.556. The van der Waals surface area contributed by atoms with E-state index in [1.54, 1.807) is 18.2 Å². The predicted molar refractivity (Wildman–Crippen MR) is 107 cm³/mol. The molecule has 2 heterocycles. The molecule has 0 radical (unpaired) electrons. The molecule has 0 aliphatic carbocycles. The average Bonchev–Trinajstić information content (AvgIpc) is 2.68. The molecular weight excluding hydrogens is 370 g/mol. The number of hydrogen-bond acceptors (Lipinski definition) is 5. The number of rotatable bonds is 4. The number of amides is 1. The fourth-order valence-corrected chi connectivity index (χ4v) is 3.60. The number of benzene rings is 1. The van der Waals surface area contributed by atoms with Crippen molar-refractivity contribution < 1.29 is 14.3 Å². The van der Waals surface area contributed by atoms with Crippen LogP contribution in [0.5, 0.6) is 5.75 Å². The lowest BCUT2D eigenvalue weighted by atomic mass is 10.0. The summed E-state index contributed by atoms with van der Waals surface area (Å²) < 4.78 is 10.7. The van der Waals surface area contributed by atoms with E-state index in [1.165, 1.54) is 7.11 Å². The molecule has 2 fully saturated rings. The molecule has 2 aliphatic rings. The van der Waals surface area contributed by atoms with E-state index in [-0.39, 0.29) is 24.3 Å². The minimum Gasteiger partial charge on any atom is -0.494 e. The molecule has 0 saturated carbocycles. The van der Waals surface area contributed by atoms with Crippen LogP contribution in [-0.2, 0) is 4.74 Å². The third kappa shape index (κ3) is 5.24. The normalized spacial score (nSPS) is 18.5. The Morgan fingerprint density at radius 3 is 2.44 bits per heavy atom. The molecule has 1 aromatic carbocycles. The molecule has 0 unspecified atom stereocenters. The molecule has 1 aromatic rings. The van der Waals surface area contributed by atoms with Crippen LogP contribution in [0.4, 0.5) is 5.69 Å². The van der Waals surface area contributed by atoms with Gasteiger partial charge < -0.3 is 25.8 Å². The Morgan fingerprint density at radius 2 is 1.85 bits per heavy atom. The van der Waals surface area contributed by atoms with E-state index >= 15 is 0 Å². The van der Waals surface area contributed by atoms with Gasteiger partial charge in [-0.15, -0.1) is 12.4 Å². The van der Waals surface area contributed by atoms with E-state index in [4.69, 9.17) is 20.9 Å². The highest BCUT2D eigenvalue weighted by Gasteiger charge is 2.28. The molecule has 3 rings (SSSR count). The number of nitrogens with zero attached hydrogens (tertiary/aromatic N) is 3. The Balaban J connectivity index is 0.00000261. The van der Waals surface area contributed by atoms with Crippen LogP contribution in [0.15, 0.2) is 23.2 Å². The maximum Gasteiger partial charge on any atom is 0.253 e. The smallest absolute Gasteiger partial charge is 0.253 e. The second-order valence-corrected chi connectivity index (χ2v) is 6.60. The predicted octanol–water partition coefficient (Wildman–Crippen LogP) is 0.959. The van der Waals surface area contributed by atoms with Crippen molar-refractivity contribution in [2.75, 3.05) is 46.5 Å². The molecular formula is C18H28ClN5O3. The topological polar surface area (TPSA) is 106 Å². The van der Waals surface area contributed by atoms with Crippen LogP contribution < -0.4 is 16.2 Å². The summed E-state index contributed by atoms with van der Waals surface area (Å²) in [6.07, 6.45) is 1.99. The zero-order chi connectivity index (χ0) is 18.5. The lowest BCUT2D eigenvalue weighted by Crippen LogP contribution is -2.50. The van der Waals surface area contributed by atoms with Crippen LogP contribution in [0.2, 0.25) is 0 Å². The first-order chi connectivity index (χ1) is 12.6. The summed E-state index contributed by atoms with van der Waals surface area (Å²) >= 11 is 0. The van der Waals surface area contributed by atoms with Gasteiger partial charge in [0, 0.05) is 37.8 Å². The molecule has 0 bridgehead atoms. The van der Waals surface area contributed by atoms with Crippen LogP contribution in [0.1, 0.15) is 23.2 Å². The molecule has 150 valence electrons. The maximum atomic E-state index is 12.8. The lowest BCUT2D eigenvalue weighted by Gasteiger charge is -2.40. The van der Waals surface area contributed by atoms with Crippen LogP contribution >= 0.6 is 12.4 Å². The minimum atomic E-state index is -0.0486. The van der Waals surface area contributed by atoms with E-state index in [0.717, 1.165) is 52.2 Å². The minimum absolute atomic E-state index is 0. The van der Waals surface area contributed by atoms with Gasteiger partial charge in [-0.1, -0.05) is 0 Å². The van der Waals surface area contributed by atoms with Gasteiger partial charge in [-0.05, 0) is 31.0 Å². The number of carbonyl (C=O) groups excluding carboxylic acids is 1. The number of carbonyl (C=O) groups is 1. The third-order valence-corrected chi connectivity index (χ3v) is 4.99. The van der Waals surface area contributed by atoms with Crippen LogP contribution in [-0.4, -0.2) is 74.2 Å². The van der Waals surface area contributed by atoms with Gasteiger partial charge in [0.1, 0.15) is 11.4 Å². The zero-order valence-electron chi connectivity index (χ0n) is 15.6. The van der Waals surface area contributed by atoms with E-state index in [2.05, 4.69) is 9.89 Å². The zero-order valence-corrected chi connectivity index (χ0v) is 16.4. The standard InChI is InChI=1S/C18H27N5O3.ClH/c1-25-16-12-13(2-3-15(16)21-18(19)20)17(24)23-6-4-14(5-7-23)22-8-10-26-11-9-22;/h2-3,12,14H,4-11H2,1H3,(H4,19,20,21);1H. The number of ether oxygens (including phenoxy) is 2. The molecule has 0 spiro atoms. The summed E-state index contributed by atoms with van der Waals surface area (Å²) in [7, 11) is 1.53. The highest BCUT2D eigenvalue weighted by molar-refractivity contribution is 5.95. The number of aliphatic imine (C=N–C) groups is 1. The number of halogens is 1. The van der Waals surface area contributed by atoms with Crippen molar-refractivity contribution in [3.8, 4) is 5.75 Å². The van der Waals surface area contributed by atoms with Gasteiger partial charge in [-0.2, -0.15) is 0 Å². The summed E-state index contributed by atoms with van der Waals surface area (Å²) in [5.41, 5.74) is 11.9. The van der Waals surface area contributed by atoms with E-state index in [1.807, 2.05) is 4.90 Å². The van der Waals surface area contributed by atoms with Crippen molar-refractivity contribution in [1.82, 2.24) is 9.80 Å². The first-order valence-electron chi connectivity index (χ1n) is 8.97. The van der Waals surface area contributed by atoms with Crippen molar-refractivity contribution in [2.24, 2.45) is 16.5 Å². The van der Waals surface area contributed by atoms with Crippen molar-refractivity contribution in [3.63, 3.8) is 0 Å². The van der Waals surface area contributed by atoms with Crippen LogP contribution in [0.3, 0.4) is 0 Å². The second kappa shape index (κ2) is 9.77. The van der Waals surface area contributed by atoms with E-state index in [0.29, 0.717) is 23.0 Å². The summed E-state index contributed by atoms with van der Waals surface area (Å²) in [5, 5.41) is 0. The molecule has 1 amide bonds. The largest absolute Gasteiger partial charge is 0.494 e. The van der Waals surface area contributed by atoms with Gasteiger partial charge in [0.15, 0.2) is 5.96 Å². The molecule has 0 atom stereocenters. The van der Waals surface area contributed by atoms with Gasteiger partial charge in [0.2, 0.25) is 0 Å². The summed E-state index contributed by atoms with van der Waals surface area (Å²) in [6, 6.07) is 5.67. The molecule has 27 heavy (non-hydrogen) atoms. The van der Waals surface area contributed by atoms with Crippen LogP contribution in [0.25, 0.3) is 0 Å². The Labute approximate surface area is 165 Å². The SMILES string of the molecule is COc1cc(C(=O)N2CCC(N3CCOCC3)CC2)ccc1N=C(N)N.Cl. The average molecular weight is 398 g/mol. The molecule has 8 nitrogen and oxygen atoms in total. The Kier molecular flexibility index (Phi) is 7.70. The van der Waals surface area contributed by atoms with Crippen molar-refractivity contribution >= 4 is 30.0 Å². The number of morpholine rings is 1. The van der Waals surface area contributed by atoms with Gasteiger partial charge >= 0.3 is 0 Å². The summed E-state index contributed by atoms with van der Waals surface area (Å²) in [5.74, 6) is 0.444. The highest BCUT2D eigenvalue weighted by Crippen LogP contribution is 2.29. The van der Waals surface area contributed by atoms with Crippen molar-refractivity contribution in [1.29, 1.82) is 0 Å². The monoisotopic (exact) mass is 397 g/mol. The van der Waals surface area contributed by atoms with Gasteiger partial charge in [0.05, 0.1) is 20.3 Å². The number of nitrogens with two attached hydrogens (primary N) is 2. The number of likely N-dealkylation sites (tertiary alicyclic amines) is 1. The Bertz CT molecular complexity index is 667. The van der Waals surface area contributed by atoms with Crippen LogP contribution in [0, 0.1) is 0 Å². The van der Waals surface area contributed by atoms with E-state index in [9.17, 15) is 4.79 Å². The molecule has 0 aromatic heterocycles. The Morgan fingerprint density at radius 1 is 1.19 bits per heavy atom. The fourth-order valence-electron chi connectivity index (χ4n) is 3.60. The van der Waals surface area contributed by atoms with E-state index < -0.39 is 0 Å². The van der Waals surface area contributed by atoms with Gasteiger partial charge in [-0.25, -0.2) is 4.99 Å².